The number of piperazine rings is 1. The molecule has 6 heteroatoms. The molecule has 4 heterocycles. The van der Waals surface area contributed by atoms with Gasteiger partial charge in [0.15, 0.2) is 0 Å². The number of aryl methyl sites for hydroxylation is 1. The van der Waals surface area contributed by atoms with E-state index in [9.17, 15) is 0 Å². The highest BCUT2D eigenvalue weighted by molar-refractivity contribution is 7.17. The van der Waals surface area contributed by atoms with Crippen molar-refractivity contribution in [3.63, 3.8) is 0 Å². The molecule has 28 heavy (non-hydrogen) atoms. The molecule has 0 saturated carbocycles. The summed E-state index contributed by atoms with van der Waals surface area (Å²) in [5, 5.41) is 3.38. The first-order chi connectivity index (χ1) is 13.8. The normalized spacial score (nSPS) is 14.6. The molecule has 140 valence electrons. The Morgan fingerprint density at radius 2 is 1.64 bits per heavy atom. The van der Waals surface area contributed by atoms with Gasteiger partial charge < -0.3 is 9.80 Å². The van der Waals surface area contributed by atoms with E-state index in [1.54, 1.807) is 17.7 Å². The van der Waals surface area contributed by atoms with Crippen molar-refractivity contribution < 1.29 is 0 Å². The van der Waals surface area contributed by atoms with Gasteiger partial charge in [-0.15, -0.1) is 11.3 Å². The molecule has 0 radical (unpaired) electrons. The summed E-state index contributed by atoms with van der Waals surface area (Å²) in [6.45, 7) is 5.84. The summed E-state index contributed by atoms with van der Waals surface area (Å²) in [5.41, 5.74) is 3.72. The molecular formula is C22H21N5S. The lowest BCUT2D eigenvalue weighted by atomic mass is 10.0. The van der Waals surface area contributed by atoms with E-state index in [0.717, 1.165) is 42.6 Å². The number of aromatic nitrogens is 3. The molecule has 3 aromatic heterocycles. The van der Waals surface area contributed by atoms with Gasteiger partial charge in [-0.1, -0.05) is 35.9 Å². The molecular weight excluding hydrogens is 366 g/mol. The fourth-order valence-electron chi connectivity index (χ4n) is 3.73. The van der Waals surface area contributed by atoms with Crippen molar-refractivity contribution in [2.75, 3.05) is 36.0 Å². The van der Waals surface area contributed by atoms with Crippen LogP contribution >= 0.6 is 11.3 Å². The molecule has 1 saturated heterocycles. The number of pyridine rings is 1. The number of hydrogen-bond acceptors (Lipinski definition) is 6. The highest BCUT2D eigenvalue weighted by atomic mass is 32.1. The van der Waals surface area contributed by atoms with Crippen LogP contribution in [0.3, 0.4) is 0 Å². The molecule has 5 nitrogen and oxygen atoms in total. The van der Waals surface area contributed by atoms with Crippen LogP contribution in [0.5, 0.6) is 0 Å². The number of anilines is 2. The number of rotatable bonds is 3. The van der Waals surface area contributed by atoms with Crippen molar-refractivity contribution in [1.82, 2.24) is 15.0 Å². The van der Waals surface area contributed by atoms with Crippen molar-refractivity contribution in [1.29, 1.82) is 0 Å². The van der Waals surface area contributed by atoms with E-state index in [2.05, 4.69) is 62.4 Å². The van der Waals surface area contributed by atoms with Gasteiger partial charge in [0.1, 0.15) is 22.8 Å². The van der Waals surface area contributed by atoms with Crippen molar-refractivity contribution >= 4 is 33.2 Å². The molecule has 0 aliphatic carbocycles. The van der Waals surface area contributed by atoms with Crippen molar-refractivity contribution in [3.8, 4) is 11.1 Å². The monoisotopic (exact) mass is 387 g/mol. The zero-order valence-corrected chi connectivity index (χ0v) is 16.6. The van der Waals surface area contributed by atoms with Crippen LogP contribution in [0.1, 0.15) is 5.56 Å². The van der Waals surface area contributed by atoms with Crippen LogP contribution in [0.4, 0.5) is 11.6 Å². The van der Waals surface area contributed by atoms with Crippen LogP contribution < -0.4 is 9.80 Å². The second-order valence-corrected chi connectivity index (χ2v) is 7.91. The number of hydrogen-bond donors (Lipinski definition) is 0. The Kier molecular flexibility index (Phi) is 4.41. The van der Waals surface area contributed by atoms with Gasteiger partial charge in [0.25, 0.3) is 0 Å². The Labute approximate surface area is 168 Å². The minimum absolute atomic E-state index is 0.922. The van der Waals surface area contributed by atoms with Crippen LogP contribution in [0.25, 0.3) is 21.3 Å². The molecule has 1 fully saturated rings. The van der Waals surface area contributed by atoms with E-state index in [4.69, 9.17) is 4.98 Å². The standard InChI is InChI=1S/C22H21N5S/c1-16-5-7-17(8-6-16)18-14-28-22-20(18)21(24-15-25-22)27-12-10-26(11-13-27)19-4-2-3-9-23-19/h2-9,14-15H,10-13H2,1H3. The van der Waals surface area contributed by atoms with Gasteiger partial charge >= 0.3 is 0 Å². The van der Waals surface area contributed by atoms with Gasteiger partial charge in [-0.2, -0.15) is 0 Å². The Morgan fingerprint density at radius 1 is 0.857 bits per heavy atom. The third kappa shape index (κ3) is 3.10. The van der Waals surface area contributed by atoms with Gasteiger partial charge in [-0.05, 0) is 24.6 Å². The Morgan fingerprint density at radius 3 is 2.39 bits per heavy atom. The van der Waals surface area contributed by atoms with Crippen LogP contribution in [-0.2, 0) is 0 Å². The number of fused-ring (bicyclic) bond motifs is 1. The maximum absolute atomic E-state index is 4.69. The van der Waals surface area contributed by atoms with E-state index in [-0.39, 0.29) is 0 Å². The second kappa shape index (κ2) is 7.20. The maximum Gasteiger partial charge on any atom is 0.141 e. The SMILES string of the molecule is Cc1ccc(-c2csc3ncnc(N4CCN(c5ccccn5)CC4)c23)cc1. The molecule has 0 atom stereocenters. The van der Waals surface area contributed by atoms with E-state index >= 15 is 0 Å². The highest BCUT2D eigenvalue weighted by Crippen LogP contribution is 2.38. The van der Waals surface area contributed by atoms with Gasteiger partial charge in [-0.3, -0.25) is 0 Å². The molecule has 0 unspecified atom stereocenters. The average Bonchev–Trinajstić information content (AvgIpc) is 3.19. The highest BCUT2D eigenvalue weighted by Gasteiger charge is 2.23. The molecule has 4 aromatic rings. The molecule has 0 N–H and O–H groups in total. The van der Waals surface area contributed by atoms with Gasteiger partial charge in [-0.25, -0.2) is 15.0 Å². The van der Waals surface area contributed by atoms with E-state index in [1.165, 1.54) is 22.1 Å². The van der Waals surface area contributed by atoms with Gasteiger partial charge in [0.2, 0.25) is 0 Å². The van der Waals surface area contributed by atoms with Crippen molar-refractivity contribution in [3.05, 3.63) is 65.9 Å². The molecule has 1 aliphatic heterocycles. The summed E-state index contributed by atoms with van der Waals surface area (Å²) in [7, 11) is 0. The zero-order chi connectivity index (χ0) is 18.9. The third-order valence-electron chi connectivity index (χ3n) is 5.27. The topological polar surface area (TPSA) is 45.2 Å². The Hall–Kier alpha value is -2.99. The van der Waals surface area contributed by atoms with E-state index in [0.29, 0.717) is 0 Å². The van der Waals surface area contributed by atoms with Crippen LogP contribution in [0.2, 0.25) is 0 Å². The van der Waals surface area contributed by atoms with Crippen LogP contribution in [0, 0.1) is 6.92 Å². The fraction of sp³-hybridized carbons (Fsp3) is 0.227. The lowest BCUT2D eigenvalue weighted by Gasteiger charge is -2.36. The zero-order valence-electron chi connectivity index (χ0n) is 15.7. The van der Waals surface area contributed by atoms with Crippen molar-refractivity contribution in [2.24, 2.45) is 0 Å². The second-order valence-electron chi connectivity index (χ2n) is 7.05. The summed E-state index contributed by atoms with van der Waals surface area (Å²) in [6, 6.07) is 14.8. The first-order valence-corrected chi connectivity index (χ1v) is 10.4. The third-order valence-corrected chi connectivity index (χ3v) is 6.15. The average molecular weight is 388 g/mol. The van der Waals surface area contributed by atoms with E-state index < -0.39 is 0 Å². The maximum atomic E-state index is 4.69. The molecule has 1 aromatic carbocycles. The predicted molar refractivity (Wildman–Crippen MR) is 116 cm³/mol. The summed E-state index contributed by atoms with van der Waals surface area (Å²) in [5.74, 6) is 2.09. The number of benzene rings is 1. The molecule has 0 spiro atoms. The lowest BCUT2D eigenvalue weighted by Crippen LogP contribution is -2.47. The largest absolute Gasteiger partial charge is 0.353 e. The molecule has 1 aliphatic rings. The Bertz CT molecular complexity index is 1080. The molecule has 5 rings (SSSR count). The first-order valence-electron chi connectivity index (χ1n) is 9.50. The van der Waals surface area contributed by atoms with Gasteiger partial charge in [0.05, 0.1) is 5.39 Å². The quantitative estimate of drug-likeness (QED) is 0.522. The minimum Gasteiger partial charge on any atom is -0.353 e. The van der Waals surface area contributed by atoms with E-state index in [1.807, 2.05) is 18.3 Å². The summed E-state index contributed by atoms with van der Waals surface area (Å²) < 4.78 is 0. The van der Waals surface area contributed by atoms with Crippen LogP contribution in [0.15, 0.2) is 60.4 Å². The van der Waals surface area contributed by atoms with Crippen molar-refractivity contribution in [2.45, 2.75) is 6.92 Å². The Balaban J connectivity index is 1.47. The first kappa shape index (κ1) is 17.1. The number of thiophene rings is 1. The molecule has 0 bridgehead atoms. The van der Waals surface area contributed by atoms with Gasteiger partial charge in [0, 0.05) is 43.3 Å². The number of nitrogens with zero attached hydrogens (tertiary/aromatic N) is 5. The fourth-order valence-corrected chi connectivity index (χ4v) is 4.64. The van der Waals surface area contributed by atoms with Crippen LogP contribution in [-0.4, -0.2) is 41.1 Å². The smallest absolute Gasteiger partial charge is 0.141 e. The summed E-state index contributed by atoms with van der Waals surface area (Å²) in [4.78, 5) is 19.5. The predicted octanol–water partition coefficient (Wildman–Crippen LogP) is 4.39. The summed E-state index contributed by atoms with van der Waals surface area (Å²) in [6.07, 6.45) is 3.55. The lowest BCUT2D eigenvalue weighted by molar-refractivity contribution is 0.643. The minimum atomic E-state index is 0.922. The molecule has 0 amide bonds. The summed E-state index contributed by atoms with van der Waals surface area (Å²) >= 11 is 1.69.